The number of nitrogens with zero attached hydrogens (tertiary/aromatic N) is 2. The number of nitrogens with two attached hydrogens (primary N) is 1. The fourth-order valence-corrected chi connectivity index (χ4v) is 1.14. The molecular weight excluding hydrogens is 164 g/mol. The lowest BCUT2D eigenvalue weighted by molar-refractivity contribution is 0.586. The zero-order valence-electron chi connectivity index (χ0n) is 7.90. The maximum atomic E-state index is 5.88. The van der Waals surface area contributed by atoms with E-state index in [2.05, 4.69) is 22.4 Å². The van der Waals surface area contributed by atoms with Gasteiger partial charge < -0.3 is 11.1 Å². The van der Waals surface area contributed by atoms with E-state index in [0.717, 1.165) is 25.1 Å². The monoisotopic (exact) mass is 180 g/mol. The first-order chi connectivity index (χ1) is 6.33. The Balaban J connectivity index is 2.32. The highest BCUT2D eigenvalue weighted by Gasteiger charge is 2.02. The third kappa shape index (κ3) is 3.96. The number of aromatic nitrogens is 2. The van der Waals surface area contributed by atoms with Crippen LogP contribution in [-0.4, -0.2) is 29.3 Å². The minimum atomic E-state index is 0.157. The van der Waals surface area contributed by atoms with Crippen LogP contribution in [-0.2, 0) is 6.42 Å². The van der Waals surface area contributed by atoms with E-state index in [1.807, 2.05) is 6.07 Å². The SMILES string of the molecule is CCNCC(N)Cc1ccnnc1. The Morgan fingerprint density at radius 2 is 2.38 bits per heavy atom. The number of nitrogens with one attached hydrogen (secondary N) is 1. The van der Waals surface area contributed by atoms with E-state index < -0.39 is 0 Å². The van der Waals surface area contributed by atoms with E-state index in [1.54, 1.807) is 12.4 Å². The Kier molecular flexibility index (Phi) is 4.35. The van der Waals surface area contributed by atoms with Gasteiger partial charge >= 0.3 is 0 Å². The fraction of sp³-hybridized carbons (Fsp3) is 0.556. The van der Waals surface area contributed by atoms with Crippen molar-refractivity contribution in [2.24, 2.45) is 5.73 Å². The Morgan fingerprint density at radius 1 is 1.54 bits per heavy atom. The highest BCUT2D eigenvalue weighted by Crippen LogP contribution is 1.97. The second kappa shape index (κ2) is 5.61. The van der Waals surface area contributed by atoms with Crippen molar-refractivity contribution in [3.8, 4) is 0 Å². The van der Waals surface area contributed by atoms with Gasteiger partial charge in [-0.25, -0.2) is 0 Å². The number of hydrogen-bond donors (Lipinski definition) is 2. The van der Waals surface area contributed by atoms with Gasteiger partial charge in [-0.15, -0.1) is 0 Å². The Hall–Kier alpha value is -1.00. The minimum Gasteiger partial charge on any atom is -0.326 e. The van der Waals surface area contributed by atoms with E-state index in [1.165, 1.54) is 0 Å². The molecule has 0 bridgehead atoms. The molecule has 1 heterocycles. The van der Waals surface area contributed by atoms with Gasteiger partial charge in [0.25, 0.3) is 0 Å². The van der Waals surface area contributed by atoms with Crippen molar-refractivity contribution >= 4 is 0 Å². The summed E-state index contributed by atoms with van der Waals surface area (Å²) in [6, 6.07) is 2.10. The van der Waals surface area contributed by atoms with Crippen LogP contribution in [0.1, 0.15) is 12.5 Å². The Morgan fingerprint density at radius 3 is 3.00 bits per heavy atom. The van der Waals surface area contributed by atoms with Gasteiger partial charge in [0.15, 0.2) is 0 Å². The first kappa shape index (κ1) is 10.1. The molecule has 13 heavy (non-hydrogen) atoms. The summed E-state index contributed by atoms with van der Waals surface area (Å²) in [6.07, 6.45) is 4.30. The quantitative estimate of drug-likeness (QED) is 0.667. The lowest BCUT2D eigenvalue weighted by atomic mass is 10.1. The molecule has 4 nitrogen and oxygen atoms in total. The van der Waals surface area contributed by atoms with Gasteiger partial charge in [-0.1, -0.05) is 6.92 Å². The van der Waals surface area contributed by atoms with Gasteiger partial charge in [0.05, 0.1) is 6.20 Å². The predicted molar refractivity (Wildman–Crippen MR) is 52.3 cm³/mol. The van der Waals surface area contributed by atoms with E-state index in [0.29, 0.717) is 0 Å². The third-order valence-corrected chi connectivity index (χ3v) is 1.80. The molecule has 1 atom stereocenters. The van der Waals surface area contributed by atoms with Gasteiger partial charge in [0.2, 0.25) is 0 Å². The van der Waals surface area contributed by atoms with Gasteiger partial charge in [0, 0.05) is 18.8 Å². The van der Waals surface area contributed by atoms with E-state index >= 15 is 0 Å². The van der Waals surface area contributed by atoms with Crippen LogP contribution in [0.2, 0.25) is 0 Å². The predicted octanol–water partition coefficient (Wildman–Crippen LogP) is -0.0441. The van der Waals surface area contributed by atoms with Gasteiger partial charge in [-0.05, 0) is 24.6 Å². The summed E-state index contributed by atoms with van der Waals surface area (Å²) in [4.78, 5) is 0. The lowest BCUT2D eigenvalue weighted by Gasteiger charge is -2.10. The summed E-state index contributed by atoms with van der Waals surface area (Å²) in [5.41, 5.74) is 7.02. The van der Waals surface area contributed by atoms with Gasteiger partial charge in [-0.2, -0.15) is 10.2 Å². The molecule has 0 aromatic carbocycles. The van der Waals surface area contributed by atoms with Crippen LogP contribution < -0.4 is 11.1 Å². The molecule has 3 N–H and O–H groups in total. The van der Waals surface area contributed by atoms with Crippen molar-refractivity contribution < 1.29 is 0 Å². The molecule has 0 aliphatic heterocycles. The molecule has 4 heteroatoms. The first-order valence-electron chi connectivity index (χ1n) is 4.54. The fourth-order valence-electron chi connectivity index (χ4n) is 1.14. The van der Waals surface area contributed by atoms with Crippen molar-refractivity contribution in [3.05, 3.63) is 24.0 Å². The number of rotatable bonds is 5. The molecule has 1 unspecified atom stereocenters. The van der Waals surface area contributed by atoms with E-state index in [-0.39, 0.29) is 6.04 Å². The summed E-state index contributed by atoms with van der Waals surface area (Å²) < 4.78 is 0. The number of hydrogen-bond acceptors (Lipinski definition) is 4. The molecule has 0 saturated carbocycles. The Labute approximate surface area is 78.6 Å². The van der Waals surface area contributed by atoms with Crippen LogP contribution in [0.5, 0.6) is 0 Å². The third-order valence-electron chi connectivity index (χ3n) is 1.80. The number of likely N-dealkylation sites (N-methyl/N-ethyl adjacent to an activating group) is 1. The zero-order chi connectivity index (χ0) is 9.52. The van der Waals surface area contributed by atoms with Crippen LogP contribution in [0.4, 0.5) is 0 Å². The second-order valence-electron chi connectivity index (χ2n) is 3.02. The average Bonchev–Trinajstić information content (AvgIpc) is 2.16. The van der Waals surface area contributed by atoms with Gasteiger partial charge in [-0.3, -0.25) is 0 Å². The molecule has 1 rings (SSSR count). The lowest BCUT2D eigenvalue weighted by Crippen LogP contribution is -2.35. The summed E-state index contributed by atoms with van der Waals surface area (Å²) >= 11 is 0. The minimum absolute atomic E-state index is 0.157. The molecular formula is C9H16N4. The maximum Gasteiger partial charge on any atom is 0.0528 e. The highest BCUT2D eigenvalue weighted by molar-refractivity contribution is 5.07. The molecule has 0 aliphatic carbocycles. The van der Waals surface area contributed by atoms with Crippen molar-refractivity contribution in [1.82, 2.24) is 15.5 Å². The molecule has 1 aromatic heterocycles. The summed E-state index contributed by atoms with van der Waals surface area (Å²) in [5, 5.41) is 10.7. The molecule has 0 amide bonds. The summed E-state index contributed by atoms with van der Waals surface area (Å²) in [7, 11) is 0. The van der Waals surface area contributed by atoms with Crippen molar-refractivity contribution in [2.75, 3.05) is 13.1 Å². The molecule has 1 aromatic rings. The van der Waals surface area contributed by atoms with Crippen LogP contribution in [0.15, 0.2) is 18.5 Å². The molecule has 0 aliphatic rings. The van der Waals surface area contributed by atoms with Crippen molar-refractivity contribution in [2.45, 2.75) is 19.4 Å². The normalized spacial score (nSPS) is 12.8. The van der Waals surface area contributed by atoms with E-state index in [4.69, 9.17) is 5.73 Å². The second-order valence-corrected chi connectivity index (χ2v) is 3.02. The maximum absolute atomic E-state index is 5.88. The summed E-state index contributed by atoms with van der Waals surface area (Å²) in [6.45, 7) is 3.88. The highest BCUT2D eigenvalue weighted by atomic mass is 15.1. The van der Waals surface area contributed by atoms with Crippen molar-refractivity contribution in [1.29, 1.82) is 0 Å². The molecule has 0 spiro atoms. The smallest absolute Gasteiger partial charge is 0.0528 e. The largest absolute Gasteiger partial charge is 0.326 e. The van der Waals surface area contributed by atoms with Crippen molar-refractivity contribution in [3.63, 3.8) is 0 Å². The first-order valence-corrected chi connectivity index (χ1v) is 4.54. The zero-order valence-corrected chi connectivity index (χ0v) is 7.90. The molecule has 0 saturated heterocycles. The van der Waals surface area contributed by atoms with Gasteiger partial charge in [0.1, 0.15) is 0 Å². The average molecular weight is 180 g/mol. The van der Waals surface area contributed by atoms with E-state index in [9.17, 15) is 0 Å². The van der Waals surface area contributed by atoms with Crippen LogP contribution in [0, 0.1) is 0 Å². The Bertz CT molecular complexity index is 224. The summed E-state index contributed by atoms with van der Waals surface area (Å²) in [5.74, 6) is 0. The van der Waals surface area contributed by atoms with Crippen LogP contribution >= 0.6 is 0 Å². The molecule has 0 radical (unpaired) electrons. The molecule has 72 valence electrons. The van der Waals surface area contributed by atoms with Crippen LogP contribution in [0.25, 0.3) is 0 Å². The topological polar surface area (TPSA) is 63.8 Å². The van der Waals surface area contributed by atoms with Crippen LogP contribution in [0.3, 0.4) is 0 Å². The molecule has 0 fully saturated rings. The standard InChI is InChI=1S/C9H16N4/c1-2-11-7-9(10)5-8-3-4-12-13-6-8/h3-4,6,9,11H,2,5,7,10H2,1H3.